The first-order valence-electron chi connectivity index (χ1n) is 4.57. The lowest BCUT2D eigenvalue weighted by atomic mass is 10.0. The molecule has 0 aliphatic carbocycles. The molecule has 0 heterocycles. The maximum atomic E-state index is 11.5. The Bertz CT molecular complexity index is 172. The Labute approximate surface area is 86.1 Å². The number of rotatable bonds is 3. The predicted molar refractivity (Wildman–Crippen MR) is 60.1 cm³/mol. The summed E-state index contributed by atoms with van der Waals surface area (Å²) in [6.07, 6.45) is 0. The van der Waals surface area contributed by atoms with Gasteiger partial charge in [-0.3, -0.25) is 4.79 Å². The van der Waals surface area contributed by atoms with Crippen LogP contribution in [0, 0.1) is 5.41 Å². The van der Waals surface area contributed by atoms with Crippen molar-refractivity contribution in [3.63, 3.8) is 0 Å². The van der Waals surface area contributed by atoms with Crippen LogP contribution in [0.4, 0.5) is 0 Å². The summed E-state index contributed by atoms with van der Waals surface area (Å²) in [7, 11) is 3.60. The van der Waals surface area contributed by atoms with Gasteiger partial charge in [0.15, 0.2) is 0 Å². The van der Waals surface area contributed by atoms with Crippen LogP contribution in [0.2, 0.25) is 0 Å². The highest BCUT2D eigenvalue weighted by atomic mass is 32.2. The fourth-order valence-corrected chi connectivity index (χ4v) is 1.91. The minimum absolute atomic E-state index is 0.0780. The fourth-order valence-electron chi connectivity index (χ4n) is 0.810. The van der Waals surface area contributed by atoms with Gasteiger partial charge in [-0.25, -0.2) is 0 Å². The molecule has 0 aliphatic rings. The minimum atomic E-state index is 0.0780. The highest BCUT2D eigenvalue weighted by Crippen LogP contribution is 2.24. The molecule has 78 valence electrons. The van der Waals surface area contributed by atoms with Gasteiger partial charge >= 0.3 is 0 Å². The van der Waals surface area contributed by atoms with Crippen molar-refractivity contribution in [1.29, 1.82) is 0 Å². The van der Waals surface area contributed by atoms with Crippen LogP contribution in [0.25, 0.3) is 0 Å². The smallest absolute Gasteiger partial charge is 0.234 e. The predicted octanol–water partition coefficient (Wildman–Crippen LogP) is 2.24. The first-order valence-corrected chi connectivity index (χ1v) is 5.61. The molecule has 0 unspecified atom stereocenters. The second kappa shape index (κ2) is 4.89. The molecule has 0 radical (unpaired) electrons. The van der Waals surface area contributed by atoms with Crippen LogP contribution in [0.3, 0.4) is 0 Å². The van der Waals surface area contributed by atoms with Crippen molar-refractivity contribution in [2.45, 2.75) is 32.9 Å². The first kappa shape index (κ1) is 12.8. The van der Waals surface area contributed by atoms with E-state index in [1.54, 1.807) is 30.8 Å². The lowest BCUT2D eigenvalue weighted by molar-refractivity contribution is -0.127. The van der Waals surface area contributed by atoms with E-state index in [4.69, 9.17) is 0 Å². The number of carbonyl (C=O) groups is 1. The third-order valence-electron chi connectivity index (χ3n) is 1.55. The SMILES string of the molecule is C[C@@H](SCC(C)(C)C)C(=O)N(C)C. The number of nitrogens with zero attached hydrogens (tertiary/aromatic N) is 1. The van der Waals surface area contributed by atoms with E-state index in [-0.39, 0.29) is 11.2 Å². The summed E-state index contributed by atoms with van der Waals surface area (Å²) in [5.41, 5.74) is 0.297. The van der Waals surface area contributed by atoms with Crippen molar-refractivity contribution < 1.29 is 4.79 Å². The molecule has 0 fully saturated rings. The molecule has 0 aliphatic heterocycles. The molecular weight excluding hydrogens is 182 g/mol. The van der Waals surface area contributed by atoms with Gasteiger partial charge in [-0.05, 0) is 18.1 Å². The Morgan fingerprint density at radius 1 is 1.38 bits per heavy atom. The van der Waals surface area contributed by atoms with E-state index in [0.29, 0.717) is 5.41 Å². The zero-order chi connectivity index (χ0) is 10.6. The molecule has 0 aromatic carbocycles. The second-order valence-corrected chi connectivity index (χ2v) is 6.08. The van der Waals surface area contributed by atoms with Gasteiger partial charge in [-0.15, -0.1) is 11.8 Å². The quantitative estimate of drug-likeness (QED) is 0.701. The second-order valence-electron chi connectivity index (χ2n) is 4.75. The average Bonchev–Trinajstić information content (AvgIpc) is 1.97. The lowest BCUT2D eigenvalue weighted by Crippen LogP contribution is -2.30. The molecule has 2 nitrogen and oxygen atoms in total. The van der Waals surface area contributed by atoms with Gasteiger partial charge in [0.25, 0.3) is 0 Å². The van der Waals surface area contributed by atoms with E-state index in [2.05, 4.69) is 20.8 Å². The van der Waals surface area contributed by atoms with Gasteiger partial charge < -0.3 is 4.90 Å². The van der Waals surface area contributed by atoms with Gasteiger partial charge in [0, 0.05) is 14.1 Å². The Morgan fingerprint density at radius 2 is 1.85 bits per heavy atom. The van der Waals surface area contributed by atoms with Gasteiger partial charge in [-0.1, -0.05) is 20.8 Å². The highest BCUT2D eigenvalue weighted by Gasteiger charge is 2.18. The van der Waals surface area contributed by atoms with Crippen LogP contribution in [-0.4, -0.2) is 35.9 Å². The summed E-state index contributed by atoms with van der Waals surface area (Å²) in [4.78, 5) is 13.1. The minimum Gasteiger partial charge on any atom is -0.348 e. The van der Waals surface area contributed by atoms with E-state index < -0.39 is 0 Å². The normalized spacial score (nSPS) is 14.0. The number of thioether (sulfide) groups is 1. The molecule has 1 atom stereocenters. The fraction of sp³-hybridized carbons (Fsp3) is 0.900. The number of hydrogen-bond acceptors (Lipinski definition) is 2. The Morgan fingerprint density at radius 3 is 2.15 bits per heavy atom. The monoisotopic (exact) mass is 203 g/mol. The molecule has 0 spiro atoms. The van der Waals surface area contributed by atoms with Crippen molar-refractivity contribution in [3.05, 3.63) is 0 Å². The van der Waals surface area contributed by atoms with E-state index in [1.165, 1.54) is 0 Å². The van der Waals surface area contributed by atoms with Gasteiger partial charge in [-0.2, -0.15) is 0 Å². The number of carbonyl (C=O) groups excluding carboxylic acids is 1. The third-order valence-corrected chi connectivity index (χ3v) is 3.29. The van der Waals surface area contributed by atoms with Crippen LogP contribution in [-0.2, 0) is 4.79 Å². The summed E-state index contributed by atoms with van der Waals surface area (Å²) in [5, 5.41) is 0.0780. The molecule has 0 rings (SSSR count). The first-order chi connectivity index (χ1) is 5.74. The summed E-state index contributed by atoms with van der Waals surface area (Å²) in [6.45, 7) is 8.53. The van der Waals surface area contributed by atoms with Crippen molar-refractivity contribution in [3.8, 4) is 0 Å². The largest absolute Gasteiger partial charge is 0.348 e. The molecule has 13 heavy (non-hydrogen) atoms. The summed E-state index contributed by atoms with van der Waals surface area (Å²) >= 11 is 1.73. The molecule has 0 saturated carbocycles. The van der Waals surface area contributed by atoms with Crippen molar-refractivity contribution >= 4 is 17.7 Å². The van der Waals surface area contributed by atoms with Crippen LogP contribution < -0.4 is 0 Å². The van der Waals surface area contributed by atoms with E-state index in [0.717, 1.165) is 5.75 Å². The van der Waals surface area contributed by atoms with Gasteiger partial charge in [0.05, 0.1) is 5.25 Å². The molecule has 0 aromatic rings. The average molecular weight is 203 g/mol. The van der Waals surface area contributed by atoms with Crippen LogP contribution >= 0.6 is 11.8 Å². The summed E-state index contributed by atoms with van der Waals surface area (Å²) in [6, 6.07) is 0. The molecule has 1 amide bonds. The summed E-state index contributed by atoms with van der Waals surface area (Å²) < 4.78 is 0. The van der Waals surface area contributed by atoms with Crippen LogP contribution in [0.15, 0.2) is 0 Å². The Hall–Kier alpha value is -0.180. The van der Waals surface area contributed by atoms with Crippen LogP contribution in [0.1, 0.15) is 27.7 Å². The van der Waals surface area contributed by atoms with Crippen molar-refractivity contribution in [2.75, 3.05) is 19.8 Å². The summed E-state index contributed by atoms with van der Waals surface area (Å²) in [5.74, 6) is 1.22. The van der Waals surface area contributed by atoms with E-state index in [9.17, 15) is 4.79 Å². The van der Waals surface area contributed by atoms with Crippen molar-refractivity contribution in [2.24, 2.45) is 5.41 Å². The van der Waals surface area contributed by atoms with E-state index >= 15 is 0 Å². The maximum absolute atomic E-state index is 11.5. The van der Waals surface area contributed by atoms with E-state index in [1.807, 2.05) is 6.92 Å². The number of hydrogen-bond donors (Lipinski definition) is 0. The lowest BCUT2D eigenvalue weighted by Gasteiger charge is -2.21. The molecule has 0 bridgehead atoms. The molecule has 0 N–H and O–H groups in total. The van der Waals surface area contributed by atoms with Crippen molar-refractivity contribution in [1.82, 2.24) is 4.90 Å². The zero-order valence-electron chi connectivity index (χ0n) is 9.55. The van der Waals surface area contributed by atoms with Gasteiger partial charge in [0.1, 0.15) is 0 Å². The Kier molecular flexibility index (Phi) is 4.82. The molecule has 0 saturated heterocycles. The maximum Gasteiger partial charge on any atom is 0.234 e. The Balaban J connectivity index is 3.88. The highest BCUT2D eigenvalue weighted by molar-refractivity contribution is 8.00. The third kappa shape index (κ3) is 5.97. The molecule has 3 heteroatoms. The zero-order valence-corrected chi connectivity index (χ0v) is 10.4. The van der Waals surface area contributed by atoms with Crippen LogP contribution in [0.5, 0.6) is 0 Å². The molecule has 0 aromatic heterocycles. The topological polar surface area (TPSA) is 20.3 Å². The van der Waals surface area contributed by atoms with Gasteiger partial charge in [0.2, 0.25) is 5.91 Å². The number of amides is 1. The molecular formula is C10H21NOS. The standard InChI is InChI=1S/C10H21NOS/c1-8(9(12)11(5)6)13-7-10(2,3)4/h8H,7H2,1-6H3/t8-/m1/s1.